The second-order valence-corrected chi connectivity index (χ2v) is 6.31. The summed E-state index contributed by atoms with van der Waals surface area (Å²) in [5, 5.41) is 0.461. The third-order valence-electron chi connectivity index (χ3n) is 3.52. The molecule has 5 nitrogen and oxygen atoms in total. The van der Waals surface area contributed by atoms with E-state index in [9.17, 15) is 4.79 Å². The Hall–Kier alpha value is -2.31. The van der Waals surface area contributed by atoms with Gasteiger partial charge in [-0.1, -0.05) is 39.7 Å². The van der Waals surface area contributed by atoms with Crippen molar-refractivity contribution < 1.29 is 19.0 Å². The monoisotopic (exact) mass is 421 g/mol. The van der Waals surface area contributed by atoms with Gasteiger partial charge in [-0.25, -0.2) is 9.79 Å². The molecule has 0 atom stereocenters. The van der Waals surface area contributed by atoms with Gasteiger partial charge >= 0.3 is 5.97 Å². The maximum absolute atomic E-state index is 12.1. The van der Waals surface area contributed by atoms with Gasteiger partial charge in [-0.2, -0.15) is 0 Å². The topological polar surface area (TPSA) is 57.1 Å². The third kappa shape index (κ3) is 3.55. The summed E-state index contributed by atoms with van der Waals surface area (Å²) in [7, 11) is 3.09. The maximum Gasteiger partial charge on any atom is 0.363 e. The second-order valence-electron chi connectivity index (χ2n) is 5.04. The Kier molecular flexibility index (Phi) is 5.11. The van der Waals surface area contributed by atoms with E-state index in [1.807, 2.05) is 0 Å². The van der Waals surface area contributed by atoms with Crippen molar-refractivity contribution in [3.63, 3.8) is 0 Å². The van der Waals surface area contributed by atoms with Crippen LogP contribution in [0, 0.1) is 0 Å². The van der Waals surface area contributed by atoms with Crippen molar-refractivity contribution >= 4 is 45.5 Å². The molecule has 25 heavy (non-hydrogen) atoms. The van der Waals surface area contributed by atoms with E-state index in [1.165, 1.54) is 0 Å². The molecule has 0 fully saturated rings. The molecular formula is C18H13BrClNO4. The summed E-state index contributed by atoms with van der Waals surface area (Å²) in [6.07, 6.45) is 1.61. The molecule has 0 bridgehead atoms. The van der Waals surface area contributed by atoms with Gasteiger partial charge in [0, 0.05) is 4.47 Å². The van der Waals surface area contributed by atoms with E-state index in [2.05, 4.69) is 20.9 Å². The standard InChI is InChI=1S/C18H13BrClNO4/c1-23-15-8-10(12(19)9-16(15)24-2)7-14-18(22)25-17(21-14)11-5-3-4-6-13(11)20/h3-9H,1-2H3/b14-7-. The van der Waals surface area contributed by atoms with Crippen LogP contribution in [0.5, 0.6) is 11.5 Å². The molecule has 0 spiro atoms. The molecule has 3 rings (SSSR count). The van der Waals surface area contributed by atoms with Crippen molar-refractivity contribution in [2.24, 2.45) is 4.99 Å². The maximum atomic E-state index is 12.1. The first kappa shape index (κ1) is 17.5. The lowest BCUT2D eigenvalue weighted by Crippen LogP contribution is -2.05. The summed E-state index contributed by atoms with van der Waals surface area (Å²) in [4.78, 5) is 16.4. The van der Waals surface area contributed by atoms with E-state index >= 15 is 0 Å². The molecule has 0 saturated carbocycles. The lowest BCUT2D eigenvalue weighted by Gasteiger charge is -2.09. The summed E-state index contributed by atoms with van der Waals surface area (Å²) in [5.41, 5.74) is 1.43. The number of nitrogens with zero attached hydrogens (tertiary/aromatic N) is 1. The van der Waals surface area contributed by atoms with E-state index in [0.717, 1.165) is 4.47 Å². The first-order valence-corrected chi connectivity index (χ1v) is 8.39. The zero-order chi connectivity index (χ0) is 18.0. The lowest BCUT2D eigenvalue weighted by molar-refractivity contribution is -0.129. The normalized spacial score (nSPS) is 15.1. The van der Waals surface area contributed by atoms with Crippen molar-refractivity contribution in [1.29, 1.82) is 0 Å². The Bertz CT molecular complexity index is 908. The molecule has 0 amide bonds. The molecule has 7 heteroatoms. The number of rotatable bonds is 4. The number of aliphatic imine (C=N–C) groups is 1. The van der Waals surface area contributed by atoms with E-state index in [4.69, 9.17) is 25.8 Å². The number of cyclic esters (lactones) is 1. The zero-order valence-corrected chi connectivity index (χ0v) is 15.7. The minimum Gasteiger partial charge on any atom is -0.493 e. The van der Waals surface area contributed by atoms with E-state index in [-0.39, 0.29) is 11.6 Å². The van der Waals surface area contributed by atoms with E-state index in [1.54, 1.807) is 56.7 Å². The highest BCUT2D eigenvalue weighted by atomic mass is 79.9. The quantitative estimate of drug-likeness (QED) is 0.539. The van der Waals surface area contributed by atoms with Gasteiger partial charge in [-0.3, -0.25) is 0 Å². The fraction of sp³-hybridized carbons (Fsp3) is 0.111. The van der Waals surface area contributed by atoms with Crippen LogP contribution in [0.1, 0.15) is 11.1 Å². The highest BCUT2D eigenvalue weighted by Crippen LogP contribution is 2.35. The van der Waals surface area contributed by atoms with Crippen LogP contribution in [-0.4, -0.2) is 26.1 Å². The molecule has 0 aliphatic carbocycles. The highest BCUT2D eigenvalue weighted by Gasteiger charge is 2.25. The van der Waals surface area contributed by atoms with Gasteiger partial charge in [-0.15, -0.1) is 0 Å². The number of esters is 1. The number of carbonyl (C=O) groups is 1. The fourth-order valence-electron chi connectivity index (χ4n) is 2.29. The summed E-state index contributed by atoms with van der Waals surface area (Å²) >= 11 is 9.58. The van der Waals surface area contributed by atoms with Crippen LogP contribution >= 0.6 is 27.5 Å². The van der Waals surface area contributed by atoms with Crippen molar-refractivity contribution in [2.45, 2.75) is 0 Å². The Morgan fingerprint density at radius 2 is 1.84 bits per heavy atom. The summed E-state index contributed by atoms with van der Waals surface area (Å²) in [5.74, 6) is 0.750. The molecule has 0 N–H and O–H groups in total. The number of methoxy groups -OCH3 is 2. The fourth-order valence-corrected chi connectivity index (χ4v) is 2.94. The van der Waals surface area contributed by atoms with Gasteiger partial charge in [-0.05, 0) is 35.9 Å². The summed E-state index contributed by atoms with van der Waals surface area (Å²) in [6.45, 7) is 0. The van der Waals surface area contributed by atoms with Crippen LogP contribution in [0.15, 0.2) is 51.6 Å². The average molecular weight is 423 g/mol. The Morgan fingerprint density at radius 1 is 1.16 bits per heavy atom. The minimum atomic E-state index is -0.545. The first-order valence-electron chi connectivity index (χ1n) is 7.22. The Labute approximate surface area is 158 Å². The van der Waals surface area contributed by atoms with Gasteiger partial charge < -0.3 is 14.2 Å². The average Bonchev–Trinajstić information content (AvgIpc) is 2.97. The van der Waals surface area contributed by atoms with Crippen LogP contribution in [0.3, 0.4) is 0 Å². The summed E-state index contributed by atoms with van der Waals surface area (Å²) in [6, 6.07) is 10.5. The molecule has 2 aromatic rings. The zero-order valence-electron chi connectivity index (χ0n) is 13.4. The number of hydrogen-bond acceptors (Lipinski definition) is 5. The van der Waals surface area contributed by atoms with E-state index < -0.39 is 5.97 Å². The van der Waals surface area contributed by atoms with Gasteiger partial charge in [0.1, 0.15) is 0 Å². The molecule has 1 aliphatic heterocycles. The van der Waals surface area contributed by atoms with Crippen LogP contribution < -0.4 is 9.47 Å². The Balaban J connectivity index is 2.02. The SMILES string of the molecule is COc1cc(Br)c(/C=C2\N=C(c3ccccc3Cl)OC2=O)cc1OC. The molecule has 0 unspecified atom stereocenters. The second kappa shape index (κ2) is 7.29. The minimum absolute atomic E-state index is 0.169. The van der Waals surface area contributed by atoms with Crippen molar-refractivity contribution in [2.75, 3.05) is 14.2 Å². The van der Waals surface area contributed by atoms with Crippen molar-refractivity contribution in [1.82, 2.24) is 0 Å². The lowest BCUT2D eigenvalue weighted by atomic mass is 10.1. The molecule has 0 saturated heterocycles. The number of hydrogen-bond donors (Lipinski definition) is 0. The van der Waals surface area contributed by atoms with Crippen molar-refractivity contribution in [3.05, 3.63) is 62.7 Å². The smallest absolute Gasteiger partial charge is 0.363 e. The molecular weight excluding hydrogens is 410 g/mol. The van der Waals surface area contributed by atoms with Crippen LogP contribution in [0.25, 0.3) is 6.08 Å². The number of carbonyl (C=O) groups excluding carboxylic acids is 1. The van der Waals surface area contributed by atoms with Gasteiger partial charge in [0.05, 0.1) is 24.8 Å². The van der Waals surface area contributed by atoms with Gasteiger partial charge in [0.15, 0.2) is 17.2 Å². The first-order chi connectivity index (χ1) is 12.0. The van der Waals surface area contributed by atoms with Crippen LogP contribution in [-0.2, 0) is 9.53 Å². The highest BCUT2D eigenvalue weighted by molar-refractivity contribution is 9.10. The van der Waals surface area contributed by atoms with Gasteiger partial charge in [0.25, 0.3) is 0 Å². The Morgan fingerprint density at radius 3 is 2.52 bits per heavy atom. The molecule has 0 aromatic heterocycles. The van der Waals surface area contributed by atoms with Crippen LogP contribution in [0.4, 0.5) is 0 Å². The van der Waals surface area contributed by atoms with E-state index in [0.29, 0.717) is 27.6 Å². The molecule has 0 radical (unpaired) electrons. The predicted molar refractivity (Wildman–Crippen MR) is 99.3 cm³/mol. The number of ether oxygens (including phenoxy) is 3. The largest absolute Gasteiger partial charge is 0.493 e. The van der Waals surface area contributed by atoms with Gasteiger partial charge in [0.2, 0.25) is 5.90 Å². The predicted octanol–water partition coefficient (Wildman–Crippen LogP) is 4.46. The number of benzene rings is 2. The molecule has 1 aliphatic rings. The number of halogens is 2. The molecule has 1 heterocycles. The van der Waals surface area contributed by atoms with Crippen LogP contribution in [0.2, 0.25) is 5.02 Å². The molecule has 128 valence electrons. The third-order valence-corrected chi connectivity index (χ3v) is 4.54. The molecule has 2 aromatic carbocycles. The van der Waals surface area contributed by atoms with Crippen molar-refractivity contribution in [3.8, 4) is 11.5 Å². The summed E-state index contributed by atoms with van der Waals surface area (Å²) < 4.78 is 16.5.